The van der Waals surface area contributed by atoms with Crippen LogP contribution in [0.4, 0.5) is 5.69 Å². The number of rotatable bonds is 13. The standard InChI is InChI=1S/C39H36ClN5O5S/c1-26-23-37(46)43-44-38(26)28-13-18-33(19-14-28)51(48,49)45-39(47)35-20-17-31(24-36(35)50-32-8-3-2-4-9-32)42-22-21-41-25-29-7-5-6-10-34(29)27-11-15-30(40)16-12-27/h2-20,24,26,41-42H,21-23,25H2,1H3,(H,43,46)(H,45,47). The van der Waals surface area contributed by atoms with E-state index < -0.39 is 15.9 Å². The van der Waals surface area contributed by atoms with Crippen LogP contribution in [-0.4, -0.2) is 39.0 Å². The third-order valence-electron chi connectivity index (χ3n) is 8.26. The topological polar surface area (TPSA) is 138 Å². The van der Waals surface area contributed by atoms with Gasteiger partial charge in [-0.3, -0.25) is 9.59 Å². The smallest absolute Gasteiger partial charge is 0.268 e. The number of amides is 2. The van der Waals surface area contributed by atoms with E-state index in [9.17, 15) is 18.0 Å². The lowest BCUT2D eigenvalue weighted by molar-refractivity contribution is -0.121. The van der Waals surface area contributed by atoms with Crippen LogP contribution in [0.1, 0.15) is 34.8 Å². The molecule has 1 heterocycles. The zero-order valence-electron chi connectivity index (χ0n) is 27.7. The van der Waals surface area contributed by atoms with Gasteiger partial charge in [0, 0.05) is 48.7 Å². The summed E-state index contributed by atoms with van der Waals surface area (Å²) in [7, 11) is -4.24. The summed E-state index contributed by atoms with van der Waals surface area (Å²) in [5, 5.41) is 11.6. The molecular formula is C39H36ClN5O5S. The molecule has 1 unspecified atom stereocenters. The number of carbonyl (C=O) groups is 2. The van der Waals surface area contributed by atoms with E-state index in [1.54, 1.807) is 48.5 Å². The van der Waals surface area contributed by atoms with Crippen molar-refractivity contribution in [3.05, 3.63) is 143 Å². The van der Waals surface area contributed by atoms with Crippen LogP contribution >= 0.6 is 11.6 Å². The van der Waals surface area contributed by atoms with Crippen LogP contribution in [0, 0.1) is 5.92 Å². The summed E-state index contributed by atoms with van der Waals surface area (Å²) in [4.78, 5) is 25.0. The third-order valence-corrected chi connectivity index (χ3v) is 9.86. The zero-order chi connectivity index (χ0) is 35.8. The summed E-state index contributed by atoms with van der Waals surface area (Å²) >= 11 is 6.08. The van der Waals surface area contributed by atoms with Gasteiger partial charge in [-0.25, -0.2) is 18.6 Å². The van der Waals surface area contributed by atoms with E-state index in [1.807, 2.05) is 49.4 Å². The van der Waals surface area contributed by atoms with Crippen molar-refractivity contribution in [1.29, 1.82) is 0 Å². The predicted molar refractivity (Wildman–Crippen MR) is 200 cm³/mol. The quantitative estimate of drug-likeness (QED) is 0.0963. The maximum Gasteiger partial charge on any atom is 0.268 e. The van der Waals surface area contributed by atoms with E-state index in [1.165, 1.54) is 18.2 Å². The Kier molecular flexibility index (Phi) is 11.1. The normalized spacial score (nSPS) is 14.3. The number of halogens is 1. The molecular weight excluding hydrogens is 686 g/mol. The molecule has 1 aliphatic rings. The van der Waals surface area contributed by atoms with Gasteiger partial charge in [0.25, 0.3) is 15.9 Å². The average Bonchev–Trinajstić information content (AvgIpc) is 3.12. The van der Waals surface area contributed by atoms with Crippen LogP contribution in [0.5, 0.6) is 11.5 Å². The summed E-state index contributed by atoms with van der Waals surface area (Å²) in [6.07, 6.45) is 0.286. The first-order valence-electron chi connectivity index (χ1n) is 16.4. The van der Waals surface area contributed by atoms with Crippen molar-refractivity contribution in [3.8, 4) is 22.6 Å². The second kappa shape index (κ2) is 16.0. The van der Waals surface area contributed by atoms with Gasteiger partial charge in [-0.1, -0.05) is 85.3 Å². The van der Waals surface area contributed by atoms with Crippen LogP contribution in [0.3, 0.4) is 0 Å². The van der Waals surface area contributed by atoms with E-state index in [2.05, 4.69) is 38.0 Å². The Morgan fingerprint density at radius 3 is 2.33 bits per heavy atom. The third kappa shape index (κ3) is 9.01. The molecule has 2 amide bonds. The van der Waals surface area contributed by atoms with Crippen molar-refractivity contribution in [2.75, 3.05) is 18.4 Å². The lowest BCUT2D eigenvalue weighted by atomic mass is 9.94. The van der Waals surface area contributed by atoms with Crippen LogP contribution in [0.15, 0.2) is 131 Å². The predicted octanol–water partition coefficient (Wildman–Crippen LogP) is 6.98. The van der Waals surface area contributed by atoms with Crippen LogP contribution in [-0.2, 0) is 21.4 Å². The summed E-state index contributed by atoms with van der Waals surface area (Å²) in [5.41, 5.74) is 7.89. The molecule has 10 nitrogen and oxygen atoms in total. The highest BCUT2D eigenvalue weighted by molar-refractivity contribution is 7.90. The Labute approximate surface area is 302 Å². The lowest BCUT2D eigenvalue weighted by Crippen LogP contribution is -2.32. The van der Waals surface area contributed by atoms with E-state index in [-0.39, 0.29) is 34.5 Å². The van der Waals surface area contributed by atoms with Gasteiger partial charge in [-0.2, -0.15) is 5.10 Å². The maximum atomic E-state index is 13.5. The lowest BCUT2D eigenvalue weighted by Gasteiger charge is -2.19. The number of anilines is 1. The minimum absolute atomic E-state index is 0.0441. The number of hydrogen-bond donors (Lipinski definition) is 4. The van der Waals surface area contributed by atoms with Crippen LogP contribution < -0.4 is 25.5 Å². The number of carbonyl (C=O) groups excluding carboxylic acids is 2. The number of hydrogen-bond acceptors (Lipinski definition) is 8. The largest absolute Gasteiger partial charge is 0.456 e. The Balaban J connectivity index is 1.11. The highest BCUT2D eigenvalue weighted by Gasteiger charge is 2.25. The molecule has 0 aromatic heterocycles. The summed E-state index contributed by atoms with van der Waals surface area (Å²) < 4.78 is 34.8. The fraction of sp³-hybridized carbons (Fsp3) is 0.154. The molecule has 0 spiro atoms. The molecule has 5 aromatic rings. The molecule has 260 valence electrons. The highest BCUT2D eigenvalue weighted by atomic mass is 35.5. The van der Waals surface area contributed by atoms with Crippen molar-refractivity contribution in [2.24, 2.45) is 11.0 Å². The molecule has 0 bridgehead atoms. The van der Waals surface area contributed by atoms with Crippen molar-refractivity contribution in [2.45, 2.75) is 24.8 Å². The van der Waals surface area contributed by atoms with Gasteiger partial charge in [0.15, 0.2) is 0 Å². The second-order valence-electron chi connectivity index (χ2n) is 12.0. The maximum absolute atomic E-state index is 13.5. The van der Waals surface area contributed by atoms with E-state index >= 15 is 0 Å². The number of para-hydroxylation sites is 1. The summed E-state index contributed by atoms with van der Waals surface area (Å²) in [6.45, 7) is 3.75. The number of nitrogens with one attached hydrogen (secondary N) is 4. The van der Waals surface area contributed by atoms with Crippen LogP contribution in [0.2, 0.25) is 5.02 Å². The molecule has 6 rings (SSSR count). The van der Waals surface area contributed by atoms with Gasteiger partial charge in [0.05, 0.1) is 16.2 Å². The van der Waals surface area contributed by atoms with Crippen molar-refractivity contribution < 1.29 is 22.7 Å². The van der Waals surface area contributed by atoms with Crippen molar-refractivity contribution in [1.82, 2.24) is 15.5 Å². The van der Waals surface area contributed by atoms with E-state index in [0.29, 0.717) is 47.4 Å². The van der Waals surface area contributed by atoms with Gasteiger partial charge < -0.3 is 15.4 Å². The van der Waals surface area contributed by atoms with Gasteiger partial charge in [0.2, 0.25) is 5.91 Å². The molecule has 0 saturated carbocycles. The van der Waals surface area contributed by atoms with Crippen LogP contribution in [0.25, 0.3) is 11.1 Å². The molecule has 0 fully saturated rings. The Morgan fingerprint density at radius 2 is 1.59 bits per heavy atom. The van der Waals surface area contributed by atoms with Gasteiger partial charge in [0.1, 0.15) is 11.5 Å². The van der Waals surface area contributed by atoms with Gasteiger partial charge >= 0.3 is 0 Å². The Bertz CT molecular complexity index is 2160. The molecule has 0 radical (unpaired) electrons. The SMILES string of the molecule is CC1CC(=O)NN=C1c1ccc(S(=O)(=O)NC(=O)c2ccc(NCCNCc3ccccc3-c3ccc(Cl)cc3)cc2Oc2ccccc2)cc1. The molecule has 5 aromatic carbocycles. The number of benzene rings is 5. The highest BCUT2D eigenvalue weighted by Crippen LogP contribution is 2.30. The first kappa shape index (κ1) is 35.3. The average molecular weight is 722 g/mol. The molecule has 1 atom stereocenters. The number of hydrazone groups is 1. The number of ether oxygens (including phenoxy) is 1. The van der Waals surface area contributed by atoms with E-state index in [4.69, 9.17) is 16.3 Å². The second-order valence-corrected chi connectivity index (χ2v) is 14.1. The van der Waals surface area contributed by atoms with Crippen molar-refractivity contribution >= 4 is 44.8 Å². The zero-order valence-corrected chi connectivity index (χ0v) is 29.3. The molecule has 4 N–H and O–H groups in total. The first-order chi connectivity index (χ1) is 24.7. The van der Waals surface area contributed by atoms with Gasteiger partial charge in [-0.05, 0) is 70.8 Å². The molecule has 0 saturated heterocycles. The molecule has 0 aliphatic carbocycles. The van der Waals surface area contributed by atoms with Crippen molar-refractivity contribution in [3.63, 3.8) is 0 Å². The minimum Gasteiger partial charge on any atom is -0.456 e. The number of sulfonamides is 1. The minimum atomic E-state index is -4.24. The Hall–Kier alpha value is -5.49. The van der Waals surface area contributed by atoms with E-state index in [0.717, 1.165) is 16.7 Å². The fourth-order valence-electron chi connectivity index (χ4n) is 5.67. The summed E-state index contributed by atoms with van der Waals surface area (Å²) in [6, 6.07) is 35.8. The van der Waals surface area contributed by atoms with Gasteiger partial charge in [-0.15, -0.1) is 0 Å². The Morgan fingerprint density at radius 1 is 0.882 bits per heavy atom. The first-order valence-corrected chi connectivity index (χ1v) is 18.2. The fourth-order valence-corrected chi connectivity index (χ4v) is 6.76. The molecule has 51 heavy (non-hydrogen) atoms. The molecule has 12 heteroatoms. The molecule has 1 aliphatic heterocycles. The monoisotopic (exact) mass is 721 g/mol. The summed E-state index contributed by atoms with van der Waals surface area (Å²) in [5.74, 6) is -0.468. The number of nitrogens with zero attached hydrogens (tertiary/aromatic N) is 1.